The summed E-state index contributed by atoms with van der Waals surface area (Å²) < 4.78 is 0. The fourth-order valence-corrected chi connectivity index (χ4v) is 3.48. The van der Waals surface area contributed by atoms with Gasteiger partial charge in [-0.1, -0.05) is 53.3 Å². The van der Waals surface area contributed by atoms with Crippen molar-refractivity contribution < 1.29 is 9.63 Å². The van der Waals surface area contributed by atoms with Crippen molar-refractivity contribution in [2.75, 3.05) is 12.1 Å². The second-order valence-corrected chi connectivity index (χ2v) is 6.28. The predicted octanol–water partition coefficient (Wildman–Crippen LogP) is 3.78. The fourth-order valence-electron chi connectivity index (χ4n) is 2.43. The summed E-state index contributed by atoms with van der Waals surface area (Å²) in [7, 11) is 1.47. The topological polar surface area (TPSA) is 54.3 Å². The highest BCUT2D eigenvalue weighted by molar-refractivity contribution is 8.14. The highest BCUT2D eigenvalue weighted by Gasteiger charge is 2.39. The van der Waals surface area contributed by atoms with E-state index in [1.165, 1.54) is 23.9 Å². The van der Waals surface area contributed by atoms with E-state index in [1.54, 1.807) is 6.92 Å². The van der Waals surface area contributed by atoms with E-state index in [4.69, 9.17) is 4.84 Å². The summed E-state index contributed by atoms with van der Waals surface area (Å²) in [6.45, 7) is 1.78. The van der Waals surface area contributed by atoms with Crippen LogP contribution in [0.5, 0.6) is 0 Å². The molecule has 0 fully saturated rings. The van der Waals surface area contributed by atoms with Crippen LogP contribution in [0.1, 0.15) is 6.92 Å². The van der Waals surface area contributed by atoms with Crippen LogP contribution in [0.25, 0.3) is 0 Å². The highest BCUT2D eigenvalue weighted by atomic mass is 32.2. The largest absolute Gasteiger partial charge is 0.399 e. The van der Waals surface area contributed by atoms with E-state index < -0.39 is 5.92 Å². The van der Waals surface area contributed by atoms with Crippen LogP contribution in [0.2, 0.25) is 0 Å². The van der Waals surface area contributed by atoms with Gasteiger partial charge in [0.1, 0.15) is 18.1 Å². The Morgan fingerprint density at radius 2 is 1.75 bits per heavy atom. The van der Waals surface area contributed by atoms with Crippen LogP contribution in [0.3, 0.4) is 0 Å². The molecule has 5 nitrogen and oxygen atoms in total. The molecule has 0 bridgehead atoms. The van der Waals surface area contributed by atoms with Crippen LogP contribution in [0.4, 0.5) is 5.69 Å². The van der Waals surface area contributed by atoms with Crippen molar-refractivity contribution in [1.29, 1.82) is 0 Å². The van der Waals surface area contributed by atoms with Gasteiger partial charge in [-0.15, -0.1) is 0 Å². The number of hydrogen-bond donors (Lipinski definition) is 0. The average Bonchev–Trinajstić information content (AvgIpc) is 2.93. The lowest BCUT2D eigenvalue weighted by Gasteiger charge is -2.13. The maximum Gasteiger partial charge on any atom is 0.263 e. The Bertz CT molecular complexity index is 775. The van der Waals surface area contributed by atoms with E-state index in [9.17, 15) is 4.79 Å². The molecule has 1 amide bonds. The minimum absolute atomic E-state index is 0.127. The van der Waals surface area contributed by atoms with Crippen LogP contribution >= 0.6 is 11.8 Å². The van der Waals surface area contributed by atoms with E-state index >= 15 is 0 Å². The molecule has 0 aromatic heterocycles. The summed E-state index contributed by atoms with van der Waals surface area (Å²) in [5, 5.41) is 10.6. The zero-order valence-electron chi connectivity index (χ0n) is 13.4. The molecule has 0 saturated heterocycles. The van der Waals surface area contributed by atoms with Crippen molar-refractivity contribution in [2.45, 2.75) is 11.8 Å². The third kappa shape index (κ3) is 3.33. The zero-order valence-corrected chi connectivity index (χ0v) is 14.2. The summed E-state index contributed by atoms with van der Waals surface area (Å²) in [6, 6.07) is 19.2. The maximum atomic E-state index is 12.9. The second kappa shape index (κ2) is 7.31. The van der Waals surface area contributed by atoms with Gasteiger partial charge in [-0.25, -0.2) is 0 Å². The molecule has 0 spiro atoms. The van der Waals surface area contributed by atoms with Crippen LogP contribution in [0.15, 0.2) is 75.8 Å². The van der Waals surface area contributed by atoms with Crippen LogP contribution in [-0.2, 0) is 9.63 Å². The van der Waals surface area contributed by atoms with E-state index in [2.05, 4.69) is 10.3 Å². The standard InChI is InChI=1S/C18H17N3O2S/c1-13(20-23-2)16-17(24-15-11-7-4-8-12-15)19-21(18(16)22)14-9-5-3-6-10-14/h3-12,16H,1-2H3. The first-order chi connectivity index (χ1) is 11.7. The van der Waals surface area contributed by atoms with E-state index in [0.717, 1.165) is 10.6 Å². The minimum Gasteiger partial charge on any atom is -0.399 e. The van der Waals surface area contributed by atoms with Crippen molar-refractivity contribution in [3.8, 4) is 0 Å². The van der Waals surface area contributed by atoms with E-state index in [1.807, 2.05) is 60.7 Å². The van der Waals surface area contributed by atoms with Gasteiger partial charge in [-0.05, 0) is 31.2 Å². The van der Waals surface area contributed by atoms with Crippen LogP contribution in [0, 0.1) is 5.92 Å². The van der Waals surface area contributed by atoms with Crippen molar-refractivity contribution in [2.24, 2.45) is 16.2 Å². The second-order valence-electron chi connectivity index (χ2n) is 5.19. The molecule has 24 heavy (non-hydrogen) atoms. The van der Waals surface area contributed by atoms with Gasteiger partial charge in [0.25, 0.3) is 5.91 Å². The number of thioether (sulfide) groups is 1. The molecule has 2 aromatic carbocycles. The summed E-state index contributed by atoms with van der Waals surface area (Å²) >= 11 is 1.47. The predicted molar refractivity (Wildman–Crippen MR) is 97.3 cm³/mol. The van der Waals surface area contributed by atoms with Gasteiger partial charge in [0.15, 0.2) is 0 Å². The summed E-state index contributed by atoms with van der Waals surface area (Å²) in [6.07, 6.45) is 0. The maximum absolute atomic E-state index is 12.9. The number of amides is 1. The molecule has 0 saturated carbocycles. The van der Waals surface area contributed by atoms with Gasteiger partial charge in [-0.3, -0.25) is 4.79 Å². The molecular formula is C18H17N3O2S. The van der Waals surface area contributed by atoms with Crippen molar-refractivity contribution in [3.05, 3.63) is 60.7 Å². The molecule has 6 heteroatoms. The quantitative estimate of drug-likeness (QED) is 0.629. The number of oxime groups is 1. The number of hydrogen-bond acceptors (Lipinski definition) is 5. The Hall–Kier alpha value is -2.60. The van der Waals surface area contributed by atoms with Crippen LogP contribution in [-0.4, -0.2) is 23.8 Å². The highest BCUT2D eigenvalue weighted by Crippen LogP contribution is 2.32. The lowest BCUT2D eigenvalue weighted by Crippen LogP contribution is -2.31. The summed E-state index contributed by atoms with van der Waals surface area (Å²) in [5.74, 6) is -0.659. The van der Waals surface area contributed by atoms with Crippen molar-refractivity contribution in [1.82, 2.24) is 0 Å². The monoisotopic (exact) mass is 339 g/mol. The third-order valence-electron chi connectivity index (χ3n) is 3.52. The van der Waals surface area contributed by atoms with Gasteiger partial charge in [0, 0.05) is 4.90 Å². The average molecular weight is 339 g/mol. The molecular weight excluding hydrogens is 322 g/mol. The first kappa shape index (κ1) is 16.3. The zero-order chi connectivity index (χ0) is 16.9. The molecule has 1 aliphatic rings. The number of carbonyl (C=O) groups excluding carboxylic acids is 1. The van der Waals surface area contributed by atoms with E-state index in [0.29, 0.717) is 10.8 Å². The minimum atomic E-state index is -0.532. The van der Waals surface area contributed by atoms with Gasteiger partial charge >= 0.3 is 0 Å². The Balaban J connectivity index is 1.96. The number of rotatable bonds is 4. The third-order valence-corrected chi connectivity index (χ3v) is 4.56. The Labute approximate surface area is 145 Å². The number of benzene rings is 2. The SMILES string of the molecule is CON=C(C)C1C(=O)N(c2ccccc2)N=C1Sc1ccccc1. The first-order valence-electron chi connectivity index (χ1n) is 7.49. The van der Waals surface area contributed by atoms with Crippen molar-refractivity contribution >= 4 is 34.1 Å². The molecule has 122 valence electrons. The molecule has 3 rings (SSSR count). The van der Waals surface area contributed by atoms with Gasteiger partial charge < -0.3 is 4.84 Å². The Morgan fingerprint density at radius 3 is 2.38 bits per heavy atom. The Morgan fingerprint density at radius 1 is 1.12 bits per heavy atom. The van der Waals surface area contributed by atoms with Gasteiger partial charge in [0.2, 0.25) is 0 Å². The lowest BCUT2D eigenvalue weighted by molar-refractivity contribution is -0.118. The lowest BCUT2D eigenvalue weighted by atomic mass is 10.1. The summed E-state index contributed by atoms with van der Waals surface area (Å²) in [5.41, 5.74) is 1.32. The number of hydrazone groups is 1. The normalized spacial score (nSPS) is 17.8. The summed E-state index contributed by atoms with van der Waals surface area (Å²) in [4.78, 5) is 18.8. The van der Waals surface area contributed by atoms with Gasteiger partial charge in [0.05, 0.1) is 11.4 Å². The fraction of sp³-hybridized carbons (Fsp3) is 0.167. The van der Waals surface area contributed by atoms with Gasteiger partial charge in [-0.2, -0.15) is 10.1 Å². The first-order valence-corrected chi connectivity index (χ1v) is 8.30. The number of para-hydroxylation sites is 1. The molecule has 1 heterocycles. The molecule has 2 aromatic rings. The smallest absolute Gasteiger partial charge is 0.263 e. The molecule has 1 atom stereocenters. The molecule has 1 aliphatic heterocycles. The molecule has 1 unspecified atom stereocenters. The van der Waals surface area contributed by atoms with E-state index in [-0.39, 0.29) is 5.91 Å². The molecule has 0 radical (unpaired) electrons. The molecule has 0 N–H and O–H groups in total. The number of anilines is 1. The van der Waals surface area contributed by atoms with Crippen LogP contribution < -0.4 is 5.01 Å². The number of nitrogens with zero attached hydrogens (tertiary/aromatic N) is 3. The van der Waals surface area contributed by atoms with Crippen molar-refractivity contribution in [3.63, 3.8) is 0 Å². The molecule has 0 aliphatic carbocycles. The number of carbonyl (C=O) groups is 1. The Kier molecular flexibility index (Phi) is 4.96.